The number of ether oxygens (including phenoxy) is 10. The van der Waals surface area contributed by atoms with Crippen molar-refractivity contribution in [1.82, 2.24) is 0 Å². The molecule has 0 spiro atoms. The summed E-state index contributed by atoms with van der Waals surface area (Å²) in [7, 11) is 0. The first-order chi connectivity index (χ1) is 25.3. The first-order valence-corrected chi connectivity index (χ1v) is 18.4. The Morgan fingerprint density at radius 2 is 0.692 bits per heavy atom. The van der Waals surface area contributed by atoms with Gasteiger partial charge in [-0.15, -0.1) is 0 Å². The second-order valence-electron chi connectivity index (χ2n) is 13.4. The fourth-order valence-electron chi connectivity index (χ4n) is 4.70. The summed E-state index contributed by atoms with van der Waals surface area (Å²) in [6.07, 6.45) is 0. The smallest absolute Gasteiger partial charge is 0.161 e. The Morgan fingerprint density at radius 3 is 1.06 bits per heavy atom. The SMILES string of the molecule is Cc1ccc(COCCOCCOCCOCCOc2ccc(C(C)(C)C)cc2OCCOCCOCCOCCOCc2ccc(C)cc2)cc1. The van der Waals surface area contributed by atoms with Crippen molar-refractivity contribution >= 4 is 0 Å². The zero-order chi connectivity index (χ0) is 37.1. The molecule has 10 heteroatoms. The first-order valence-electron chi connectivity index (χ1n) is 18.4. The van der Waals surface area contributed by atoms with E-state index in [0.29, 0.717) is 130 Å². The van der Waals surface area contributed by atoms with Gasteiger partial charge in [0, 0.05) is 0 Å². The largest absolute Gasteiger partial charge is 0.487 e. The third-order valence-electron chi connectivity index (χ3n) is 7.79. The molecule has 0 N–H and O–H groups in total. The number of rotatable bonds is 30. The Bertz CT molecular complexity index is 1310. The Labute approximate surface area is 311 Å². The molecule has 0 amide bonds. The highest BCUT2D eigenvalue weighted by Gasteiger charge is 2.17. The van der Waals surface area contributed by atoms with Crippen molar-refractivity contribution in [2.75, 3.05) is 106 Å². The van der Waals surface area contributed by atoms with Crippen molar-refractivity contribution in [2.45, 2.75) is 53.2 Å². The lowest BCUT2D eigenvalue weighted by Gasteiger charge is -2.21. The Balaban J connectivity index is 1.15. The van der Waals surface area contributed by atoms with Crippen LogP contribution in [0.1, 0.15) is 48.6 Å². The molecule has 0 bridgehead atoms. The molecule has 0 radical (unpaired) electrons. The number of hydrogen-bond donors (Lipinski definition) is 0. The van der Waals surface area contributed by atoms with Crippen LogP contribution in [0, 0.1) is 13.8 Å². The molecule has 0 unspecified atom stereocenters. The van der Waals surface area contributed by atoms with Gasteiger partial charge in [-0.1, -0.05) is 86.5 Å². The summed E-state index contributed by atoms with van der Waals surface area (Å²) in [4.78, 5) is 0. The average Bonchev–Trinajstić information content (AvgIpc) is 3.13. The molecule has 3 rings (SSSR count). The fraction of sp³-hybridized carbons (Fsp3) is 0.571. The van der Waals surface area contributed by atoms with Crippen molar-refractivity contribution in [3.63, 3.8) is 0 Å². The molecule has 0 atom stereocenters. The van der Waals surface area contributed by atoms with Crippen LogP contribution in [0.15, 0.2) is 66.7 Å². The number of hydrogen-bond acceptors (Lipinski definition) is 10. The quantitative estimate of drug-likeness (QED) is 0.0677. The van der Waals surface area contributed by atoms with Crippen LogP contribution < -0.4 is 9.47 Å². The second-order valence-corrected chi connectivity index (χ2v) is 13.4. The van der Waals surface area contributed by atoms with E-state index in [0.717, 1.165) is 16.7 Å². The predicted molar refractivity (Wildman–Crippen MR) is 203 cm³/mol. The van der Waals surface area contributed by atoms with E-state index in [1.807, 2.05) is 12.1 Å². The Hall–Kier alpha value is -3.06. The van der Waals surface area contributed by atoms with E-state index in [9.17, 15) is 0 Å². The molecule has 0 aromatic heterocycles. The molecule has 0 aliphatic rings. The lowest BCUT2D eigenvalue weighted by Crippen LogP contribution is -2.16. The molecule has 3 aromatic rings. The normalized spacial score (nSPS) is 11.6. The molecule has 0 saturated carbocycles. The minimum atomic E-state index is -0.0216. The third kappa shape index (κ3) is 20.3. The fourth-order valence-corrected chi connectivity index (χ4v) is 4.70. The van der Waals surface area contributed by atoms with Crippen molar-refractivity contribution in [3.05, 3.63) is 94.5 Å². The minimum absolute atomic E-state index is 0.0216. The van der Waals surface area contributed by atoms with E-state index in [2.05, 4.69) is 89.2 Å². The van der Waals surface area contributed by atoms with Crippen LogP contribution in [0.4, 0.5) is 0 Å². The van der Waals surface area contributed by atoms with Gasteiger partial charge in [-0.05, 0) is 48.1 Å². The predicted octanol–water partition coefficient (Wildman–Crippen LogP) is 6.89. The first kappa shape index (κ1) is 43.3. The Kier molecular flexibility index (Phi) is 22.2. The maximum atomic E-state index is 6.08. The van der Waals surface area contributed by atoms with Gasteiger partial charge in [0.05, 0.1) is 106 Å². The molecule has 0 saturated heterocycles. The molecular formula is C42H62O10. The molecule has 3 aromatic carbocycles. The van der Waals surface area contributed by atoms with Gasteiger partial charge in [-0.25, -0.2) is 0 Å². The lowest BCUT2D eigenvalue weighted by molar-refractivity contribution is -0.00735. The average molecular weight is 727 g/mol. The van der Waals surface area contributed by atoms with Gasteiger partial charge in [0.1, 0.15) is 13.2 Å². The zero-order valence-electron chi connectivity index (χ0n) is 32.2. The topological polar surface area (TPSA) is 92.3 Å². The molecule has 0 aliphatic carbocycles. The van der Waals surface area contributed by atoms with Crippen LogP contribution in [0.5, 0.6) is 11.5 Å². The summed E-state index contributed by atoms with van der Waals surface area (Å²) >= 11 is 0. The van der Waals surface area contributed by atoms with Gasteiger partial charge >= 0.3 is 0 Å². The summed E-state index contributed by atoms with van der Waals surface area (Å²) in [6.45, 7) is 19.7. The summed E-state index contributed by atoms with van der Waals surface area (Å²) < 4.78 is 57.1. The summed E-state index contributed by atoms with van der Waals surface area (Å²) in [5.41, 5.74) is 5.96. The molecule has 0 heterocycles. The standard InChI is InChI=1S/C42H62O10/c1-35-6-10-37(11-7-35)33-49-26-24-45-18-16-43-20-22-47-28-30-51-40-15-14-39(42(3,4)5)32-41(40)52-31-29-48-23-21-44-17-19-46-25-27-50-34-38-12-8-36(2)9-13-38/h6-15,32H,16-31,33-34H2,1-5H3. The maximum absolute atomic E-state index is 6.08. The van der Waals surface area contributed by atoms with Gasteiger partial charge in [0.15, 0.2) is 11.5 Å². The molecule has 290 valence electrons. The van der Waals surface area contributed by atoms with Gasteiger partial charge in [0.2, 0.25) is 0 Å². The van der Waals surface area contributed by atoms with Crippen molar-refractivity contribution in [2.24, 2.45) is 0 Å². The third-order valence-corrected chi connectivity index (χ3v) is 7.79. The number of benzene rings is 3. The highest BCUT2D eigenvalue weighted by Crippen LogP contribution is 2.33. The minimum Gasteiger partial charge on any atom is -0.487 e. The van der Waals surface area contributed by atoms with Crippen LogP contribution in [0.3, 0.4) is 0 Å². The van der Waals surface area contributed by atoms with Crippen LogP contribution in [-0.4, -0.2) is 106 Å². The monoisotopic (exact) mass is 726 g/mol. The molecular weight excluding hydrogens is 664 g/mol. The lowest BCUT2D eigenvalue weighted by atomic mass is 9.87. The van der Waals surface area contributed by atoms with Crippen molar-refractivity contribution < 1.29 is 47.4 Å². The summed E-state index contributed by atoms with van der Waals surface area (Å²) in [5, 5.41) is 0. The van der Waals surface area contributed by atoms with Gasteiger partial charge in [-0.3, -0.25) is 0 Å². The van der Waals surface area contributed by atoms with E-state index in [-0.39, 0.29) is 5.41 Å². The van der Waals surface area contributed by atoms with Crippen molar-refractivity contribution in [3.8, 4) is 11.5 Å². The highest BCUT2D eigenvalue weighted by molar-refractivity contribution is 5.45. The van der Waals surface area contributed by atoms with E-state index in [1.165, 1.54) is 11.1 Å². The molecule has 0 fully saturated rings. The van der Waals surface area contributed by atoms with E-state index < -0.39 is 0 Å². The van der Waals surface area contributed by atoms with Crippen LogP contribution in [-0.2, 0) is 56.5 Å². The zero-order valence-corrected chi connectivity index (χ0v) is 32.2. The van der Waals surface area contributed by atoms with Crippen LogP contribution in [0.2, 0.25) is 0 Å². The molecule has 10 nitrogen and oxygen atoms in total. The number of aryl methyl sites for hydroxylation is 2. The second kappa shape index (κ2) is 26.7. The van der Waals surface area contributed by atoms with Gasteiger partial charge < -0.3 is 47.4 Å². The van der Waals surface area contributed by atoms with E-state index in [4.69, 9.17) is 47.4 Å². The van der Waals surface area contributed by atoms with E-state index >= 15 is 0 Å². The summed E-state index contributed by atoms with van der Waals surface area (Å²) in [5.74, 6) is 1.37. The van der Waals surface area contributed by atoms with Crippen LogP contribution >= 0.6 is 0 Å². The van der Waals surface area contributed by atoms with Crippen LogP contribution in [0.25, 0.3) is 0 Å². The van der Waals surface area contributed by atoms with Crippen molar-refractivity contribution in [1.29, 1.82) is 0 Å². The molecule has 52 heavy (non-hydrogen) atoms. The maximum Gasteiger partial charge on any atom is 0.161 e. The Morgan fingerprint density at radius 1 is 0.365 bits per heavy atom. The summed E-state index contributed by atoms with van der Waals surface area (Å²) in [6, 6.07) is 22.8. The van der Waals surface area contributed by atoms with E-state index in [1.54, 1.807) is 0 Å². The van der Waals surface area contributed by atoms with Gasteiger partial charge in [-0.2, -0.15) is 0 Å². The molecule has 0 aliphatic heterocycles. The highest BCUT2D eigenvalue weighted by atomic mass is 16.6. The van der Waals surface area contributed by atoms with Gasteiger partial charge in [0.25, 0.3) is 0 Å².